The average molecular weight is 376 g/mol. The van der Waals surface area contributed by atoms with Crippen LogP contribution in [0.25, 0.3) is 0 Å². The Morgan fingerprint density at radius 3 is 2.04 bits per heavy atom. The first-order valence-electron chi connectivity index (χ1n) is 7.94. The molecular formula is C18H20N2O7. The van der Waals surface area contributed by atoms with Crippen molar-refractivity contribution in [2.24, 2.45) is 0 Å². The average Bonchev–Trinajstić information content (AvgIpc) is 2.64. The summed E-state index contributed by atoms with van der Waals surface area (Å²) in [4.78, 5) is 24.0. The lowest BCUT2D eigenvalue weighted by Gasteiger charge is -2.17. The molecule has 6 N–H and O–H groups in total. The van der Waals surface area contributed by atoms with Crippen LogP contribution in [-0.4, -0.2) is 45.6 Å². The van der Waals surface area contributed by atoms with Crippen LogP contribution < -0.4 is 10.6 Å². The lowest BCUT2D eigenvalue weighted by molar-refractivity contribution is -0.142. The normalized spacial score (nSPS) is 11.4. The first-order chi connectivity index (χ1) is 12.8. The van der Waals surface area contributed by atoms with Gasteiger partial charge in [-0.05, 0) is 35.4 Å². The van der Waals surface area contributed by atoms with E-state index in [-0.39, 0.29) is 36.0 Å². The molecule has 144 valence electrons. The monoisotopic (exact) mass is 376 g/mol. The fourth-order valence-corrected chi connectivity index (χ4v) is 2.34. The SMILES string of the molecule is COC(=O)[C@H](Cc1ccc(O)c(O)c1)NC(=O)NCc1ccc(O)c(O)c1. The number of amides is 2. The van der Waals surface area contributed by atoms with Gasteiger partial charge in [-0.1, -0.05) is 12.1 Å². The summed E-state index contributed by atoms with van der Waals surface area (Å²) in [5.74, 6) is -1.90. The van der Waals surface area contributed by atoms with Crippen molar-refractivity contribution in [3.8, 4) is 23.0 Å². The third-order valence-electron chi connectivity index (χ3n) is 3.76. The predicted octanol–water partition coefficient (Wildman–Crippen LogP) is 1.09. The topological polar surface area (TPSA) is 148 Å². The van der Waals surface area contributed by atoms with E-state index < -0.39 is 18.0 Å². The molecule has 0 aliphatic carbocycles. The molecule has 2 rings (SSSR count). The molecule has 0 fully saturated rings. The number of urea groups is 1. The number of nitrogens with one attached hydrogen (secondary N) is 2. The fourth-order valence-electron chi connectivity index (χ4n) is 2.34. The zero-order chi connectivity index (χ0) is 20.0. The molecule has 0 bridgehead atoms. The van der Waals surface area contributed by atoms with Crippen LogP contribution in [0.15, 0.2) is 36.4 Å². The number of rotatable bonds is 6. The number of phenols is 4. The Morgan fingerprint density at radius 2 is 1.48 bits per heavy atom. The van der Waals surface area contributed by atoms with E-state index in [4.69, 9.17) is 0 Å². The first kappa shape index (κ1) is 19.7. The molecule has 0 unspecified atom stereocenters. The fraction of sp³-hybridized carbons (Fsp3) is 0.222. The molecule has 9 nitrogen and oxygen atoms in total. The van der Waals surface area contributed by atoms with Crippen molar-refractivity contribution in [1.82, 2.24) is 10.6 Å². The molecule has 2 aromatic rings. The maximum absolute atomic E-state index is 12.1. The molecule has 1 atom stereocenters. The quantitative estimate of drug-likeness (QED) is 0.326. The second-order valence-electron chi connectivity index (χ2n) is 5.75. The van der Waals surface area contributed by atoms with E-state index in [1.54, 1.807) is 0 Å². The van der Waals surface area contributed by atoms with Gasteiger partial charge in [-0.2, -0.15) is 0 Å². The molecule has 0 saturated carbocycles. The predicted molar refractivity (Wildman–Crippen MR) is 94.4 cm³/mol. The zero-order valence-electron chi connectivity index (χ0n) is 14.5. The van der Waals surface area contributed by atoms with Crippen molar-refractivity contribution in [2.75, 3.05) is 7.11 Å². The van der Waals surface area contributed by atoms with Crippen molar-refractivity contribution in [3.63, 3.8) is 0 Å². The highest BCUT2D eigenvalue weighted by Crippen LogP contribution is 2.26. The van der Waals surface area contributed by atoms with Crippen LogP contribution in [0.1, 0.15) is 11.1 Å². The second kappa shape index (κ2) is 8.65. The Labute approximate surface area is 154 Å². The molecule has 0 aromatic heterocycles. The number of hydrogen-bond acceptors (Lipinski definition) is 7. The van der Waals surface area contributed by atoms with Gasteiger partial charge < -0.3 is 35.8 Å². The van der Waals surface area contributed by atoms with Crippen molar-refractivity contribution >= 4 is 12.0 Å². The van der Waals surface area contributed by atoms with E-state index in [1.165, 1.54) is 43.5 Å². The minimum atomic E-state index is -1.02. The Kier molecular flexibility index (Phi) is 6.32. The van der Waals surface area contributed by atoms with E-state index in [0.29, 0.717) is 11.1 Å². The Balaban J connectivity index is 1.99. The van der Waals surface area contributed by atoms with E-state index >= 15 is 0 Å². The summed E-state index contributed by atoms with van der Waals surface area (Å²) in [6.45, 7) is 0.0492. The maximum Gasteiger partial charge on any atom is 0.328 e. The number of hydrogen-bond donors (Lipinski definition) is 6. The smallest absolute Gasteiger partial charge is 0.328 e. The summed E-state index contributed by atoms with van der Waals surface area (Å²) in [7, 11) is 1.18. The molecule has 0 radical (unpaired) electrons. The zero-order valence-corrected chi connectivity index (χ0v) is 14.5. The Morgan fingerprint density at radius 1 is 0.926 bits per heavy atom. The summed E-state index contributed by atoms with van der Waals surface area (Å²) in [5, 5.41) is 42.6. The number of carbonyl (C=O) groups excluding carboxylic acids is 2. The molecule has 0 saturated heterocycles. The van der Waals surface area contributed by atoms with Gasteiger partial charge in [-0.3, -0.25) is 0 Å². The van der Waals surface area contributed by atoms with Gasteiger partial charge in [-0.15, -0.1) is 0 Å². The van der Waals surface area contributed by atoms with Crippen LogP contribution >= 0.6 is 0 Å². The van der Waals surface area contributed by atoms with Gasteiger partial charge in [0, 0.05) is 13.0 Å². The van der Waals surface area contributed by atoms with Gasteiger partial charge in [0.2, 0.25) is 0 Å². The van der Waals surface area contributed by atoms with Crippen LogP contribution in [0.4, 0.5) is 4.79 Å². The van der Waals surface area contributed by atoms with Crippen LogP contribution in [0.2, 0.25) is 0 Å². The molecule has 0 aliphatic heterocycles. The van der Waals surface area contributed by atoms with Crippen LogP contribution in [-0.2, 0) is 22.5 Å². The second-order valence-corrected chi connectivity index (χ2v) is 5.75. The maximum atomic E-state index is 12.1. The van der Waals surface area contributed by atoms with Gasteiger partial charge >= 0.3 is 12.0 Å². The van der Waals surface area contributed by atoms with Crippen LogP contribution in [0.5, 0.6) is 23.0 Å². The van der Waals surface area contributed by atoms with Gasteiger partial charge in [0.15, 0.2) is 23.0 Å². The van der Waals surface area contributed by atoms with Gasteiger partial charge in [-0.25, -0.2) is 9.59 Å². The Hall–Kier alpha value is -3.62. The third kappa shape index (κ3) is 5.43. The summed E-state index contributed by atoms with van der Waals surface area (Å²) >= 11 is 0. The molecular weight excluding hydrogens is 356 g/mol. The van der Waals surface area contributed by atoms with E-state index in [9.17, 15) is 30.0 Å². The van der Waals surface area contributed by atoms with Crippen LogP contribution in [0, 0.1) is 0 Å². The number of benzene rings is 2. The number of phenolic OH excluding ortho intramolecular Hbond substituents is 4. The number of methoxy groups -OCH3 is 1. The highest BCUT2D eigenvalue weighted by Gasteiger charge is 2.22. The lowest BCUT2D eigenvalue weighted by atomic mass is 10.1. The summed E-state index contributed by atoms with van der Waals surface area (Å²) < 4.78 is 4.68. The van der Waals surface area contributed by atoms with E-state index in [2.05, 4.69) is 15.4 Å². The first-order valence-corrected chi connectivity index (χ1v) is 7.94. The van der Waals surface area contributed by atoms with E-state index in [0.717, 1.165) is 0 Å². The number of aromatic hydroxyl groups is 4. The molecule has 27 heavy (non-hydrogen) atoms. The number of ether oxygens (including phenoxy) is 1. The minimum Gasteiger partial charge on any atom is -0.504 e. The lowest BCUT2D eigenvalue weighted by Crippen LogP contribution is -2.47. The molecule has 0 heterocycles. The highest BCUT2D eigenvalue weighted by atomic mass is 16.5. The largest absolute Gasteiger partial charge is 0.504 e. The summed E-state index contributed by atoms with van der Waals surface area (Å²) in [6.07, 6.45) is 0.0356. The minimum absolute atomic E-state index is 0.0356. The van der Waals surface area contributed by atoms with Crippen LogP contribution in [0.3, 0.4) is 0 Å². The van der Waals surface area contributed by atoms with Crippen molar-refractivity contribution < 1.29 is 34.8 Å². The van der Waals surface area contributed by atoms with E-state index in [1.807, 2.05) is 0 Å². The summed E-state index contributed by atoms with van der Waals surface area (Å²) in [6, 6.07) is 6.50. The molecule has 0 aliphatic rings. The van der Waals surface area contributed by atoms with Gasteiger partial charge in [0.05, 0.1) is 7.11 Å². The summed E-state index contributed by atoms with van der Waals surface area (Å²) in [5.41, 5.74) is 1.04. The third-order valence-corrected chi connectivity index (χ3v) is 3.76. The van der Waals surface area contributed by atoms with Crippen molar-refractivity contribution in [2.45, 2.75) is 19.0 Å². The van der Waals surface area contributed by atoms with Crippen molar-refractivity contribution in [3.05, 3.63) is 47.5 Å². The van der Waals surface area contributed by atoms with Gasteiger partial charge in [0.25, 0.3) is 0 Å². The molecule has 9 heteroatoms. The Bertz CT molecular complexity index is 838. The number of carbonyl (C=O) groups is 2. The molecule has 2 aromatic carbocycles. The highest BCUT2D eigenvalue weighted by molar-refractivity contribution is 5.83. The van der Waals surface area contributed by atoms with Crippen molar-refractivity contribution in [1.29, 1.82) is 0 Å². The standard InChI is InChI=1S/C18H20N2O7/c1-27-17(25)12(6-10-2-4-13(21)15(23)7-10)20-18(26)19-9-11-3-5-14(22)16(24)8-11/h2-5,7-8,12,21-24H,6,9H2,1H3,(H2,19,20,26)/t12-/m0/s1. The molecule has 0 spiro atoms. The number of esters is 1. The van der Waals surface area contributed by atoms with Gasteiger partial charge in [0.1, 0.15) is 6.04 Å². The molecule has 2 amide bonds.